The molecule has 0 saturated carbocycles. The first-order valence-corrected chi connectivity index (χ1v) is 11.1. The van der Waals surface area contributed by atoms with Gasteiger partial charge < -0.3 is 10.1 Å². The smallest absolute Gasteiger partial charge is 0.406 e. The number of nitrogens with zero attached hydrogens (tertiary/aromatic N) is 4. The minimum absolute atomic E-state index is 0.114. The normalized spacial score (nSPS) is 11.8. The fraction of sp³-hybridized carbons (Fsp3) is 0.381. The van der Waals surface area contributed by atoms with Gasteiger partial charge in [-0.05, 0) is 37.1 Å². The molecule has 0 aliphatic carbocycles. The van der Waals surface area contributed by atoms with Gasteiger partial charge in [0.2, 0.25) is 5.91 Å². The number of amides is 1. The third kappa shape index (κ3) is 5.95. The van der Waals surface area contributed by atoms with E-state index in [1.165, 1.54) is 23.7 Å². The highest BCUT2D eigenvalue weighted by Gasteiger charge is 2.31. The number of carbonyl (C=O) groups excluding carboxylic acids is 1. The highest BCUT2D eigenvalue weighted by molar-refractivity contribution is 8.00. The van der Waals surface area contributed by atoms with Crippen molar-refractivity contribution in [1.29, 1.82) is 0 Å². The highest BCUT2D eigenvalue weighted by Crippen LogP contribution is 2.25. The number of hydrogen-bond acceptors (Lipinski definition) is 7. The van der Waals surface area contributed by atoms with Crippen LogP contribution in [0.5, 0.6) is 5.75 Å². The number of aryl methyl sites for hydroxylation is 1. The second kappa shape index (κ2) is 9.87. The van der Waals surface area contributed by atoms with Crippen LogP contribution in [-0.2, 0) is 18.4 Å². The number of rotatable bonds is 7. The molecule has 0 unspecified atom stereocenters. The fourth-order valence-electron chi connectivity index (χ4n) is 3.15. The summed E-state index contributed by atoms with van der Waals surface area (Å²) in [6, 6.07) is 4.70. The molecule has 34 heavy (non-hydrogen) atoms. The third-order valence-electron chi connectivity index (χ3n) is 4.52. The predicted molar refractivity (Wildman–Crippen MR) is 121 cm³/mol. The first-order valence-electron chi connectivity index (χ1n) is 10.1. The molecule has 0 aliphatic heterocycles. The number of carbonyl (C=O) groups is 1. The molecule has 0 spiro atoms. The van der Waals surface area contributed by atoms with E-state index in [-0.39, 0.29) is 33.4 Å². The van der Waals surface area contributed by atoms with Gasteiger partial charge in [0.25, 0.3) is 5.56 Å². The standard InChI is InChI=1S/C21H22F3N5O4S/c1-11(2)9-29-17-16(19(31)28(4)20(29)32)18(26-12(3)25-17)34-10-15(30)27-13-5-7-14(8-6-13)33-21(22,23)24/h5-8,11H,9-10H2,1-4H3,(H,27,30). The zero-order chi connectivity index (χ0) is 25.2. The molecule has 0 saturated heterocycles. The Hall–Kier alpha value is -3.35. The molecule has 0 atom stereocenters. The summed E-state index contributed by atoms with van der Waals surface area (Å²) in [6.45, 7) is 5.83. The van der Waals surface area contributed by atoms with Crippen molar-refractivity contribution < 1.29 is 22.7 Å². The van der Waals surface area contributed by atoms with Gasteiger partial charge in [-0.2, -0.15) is 0 Å². The number of fused-ring (bicyclic) bond motifs is 1. The van der Waals surface area contributed by atoms with E-state index in [4.69, 9.17) is 0 Å². The molecular weight excluding hydrogens is 475 g/mol. The Morgan fingerprint density at radius 3 is 2.41 bits per heavy atom. The minimum Gasteiger partial charge on any atom is -0.406 e. The Kier molecular flexibility index (Phi) is 7.34. The maximum absolute atomic E-state index is 12.8. The summed E-state index contributed by atoms with van der Waals surface area (Å²) in [5, 5.41) is 2.95. The van der Waals surface area contributed by atoms with Gasteiger partial charge in [-0.15, -0.1) is 13.2 Å². The maximum atomic E-state index is 12.8. The fourth-order valence-corrected chi connectivity index (χ4v) is 4.01. The Balaban J connectivity index is 1.84. The van der Waals surface area contributed by atoms with Gasteiger partial charge in [0, 0.05) is 19.3 Å². The lowest BCUT2D eigenvalue weighted by Gasteiger charge is -2.15. The largest absolute Gasteiger partial charge is 0.573 e. The van der Waals surface area contributed by atoms with E-state index in [0.717, 1.165) is 28.5 Å². The van der Waals surface area contributed by atoms with E-state index in [1.807, 2.05) is 13.8 Å². The molecule has 1 amide bonds. The Morgan fingerprint density at radius 2 is 1.82 bits per heavy atom. The van der Waals surface area contributed by atoms with Gasteiger partial charge >= 0.3 is 12.1 Å². The number of thioether (sulfide) groups is 1. The van der Waals surface area contributed by atoms with Gasteiger partial charge in [-0.25, -0.2) is 14.8 Å². The molecule has 3 aromatic rings. The summed E-state index contributed by atoms with van der Waals surface area (Å²) in [5.74, 6) is -0.569. The van der Waals surface area contributed by atoms with E-state index in [1.54, 1.807) is 6.92 Å². The number of benzene rings is 1. The Morgan fingerprint density at radius 1 is 1.18 bits per heavy atom. The van der Waals surface area contributed by atoms with Gasteiger partial charge in [0.15, 0.2) is 5.65 Å². The maximum Gasteiger partial charge on any atom is 0.573 e. The average molecular weight is 497 g/mol. The van der Waals surface area contributed by atoms with Crippen molar-refractivity contribution in [3.05, 3.63) is 50.9 Å². The summed E-state index contributed by atoms with van der Waals surface area (Å²) >= 11 is 0.993. The number of anilines is 1. The lowest BCUT2D eigenvalue weighted by Crippen LogP contribution is -2.39. The van der Waals surface area contributed by atoms with Crippen LogP contribution in [0.4, 0.5) is 18.9 Å². The van der Waals surface area contributed by atoms with Crippen molar-refractivity contribution in [3.8, 4) is 5.75 Å². The van der Waals surface area contributed by atoms with E-state index in [9.17, 15) is 27.6 Å². The van der Waals surface area contributed by atoms with Crippen LogP contribution >= 0.6 is 11.8 Å². The minimum atomic E-state index is -4.81. The molecule has 2 aromatic heterocycles. The molecule has 0 fully saturated rings. The zero-order valence-electron chi connectivity index (χ0n) is 18.8. The molecule has 0 bridgehead atoms. The summed E-state index contributed by atoms with van der Waals surface area (Å²) in [4.78, 5) is 46.5. The predicted octanol–water partition coefficient (Wildman–Crippen LogP) is 3.08. The molecule has 0 aliphatic rings. The third-order valence-corrected chi connectivity index (χ3v) is 5.50. The first-order chi connectivity index (χ1) is 15.9. The number of nitrogens with one attached hydrogen (secondary N) is 1. The van der Waals surface area contributed by atoms with Gasteiger partial charge in [0.1, 0.15) is 22.0 Å². The van der Waals surface area contributed by atoms with Crippen LogP contribution in [0.3, 0.4) is 0 Å². The van der Waals surface area contributed by atoms with Crippen LogP contribution in [0, 0.1) is 12.8 Å². The topological polar surface area (TPSA) is 108 Å². The molecule has 2 heterocycles. The first kappa shape index (κ1) is 25.3. The van der Waals surface area contributed by atoms with Crippen LogP contribution in [0.15, 0.2) is 38.9 Å². The zero-order valence-corrected chi connectivity index (χ0v) is 19.6. The second-order valence-electron chi connectivity index (χ2n) is 7.83. The van der Waals surface area contributed by atoms with Gasteiger partial charge in [0.05, 0.1) is 5.75 Å². The van der Waals surface area contributed by atoms with Crippen molar-refractivity contribution in [2.24, 2.45) is 13.0 Å². The van der Waals surface area contributed by atoms with Gasteiger partial charge in [-0.1, -0.05) is 25.6 Å². The van der Waals surface area contributed by atoms with Crippen molar-refractivity contribution in [2.45, 2.75) is 38.7 Å². The number of alkyl halides is 3. The van der Waals surface area contributed by atoms with Crippen LogP contribution in [0.1, 0.15) is 19.7 Å². The van der Waals surface area contributed by atoms with Crippen LogP contribution in [-0.4, -0.2) is 37.1 Å². The van der Waals surface area contributed by atoms with Crippen LogP contribution in [0.2, 0.25) is 0 Å². The summed E-state index contributed by atoms with van der Waals surface area (Å²) in [5.41, 5.74) is -0.581. The van der Waals surface area contributed by atoms with Crippen molar-refractivity contribution in [1.82, 2.24) is 19.1 Å². The molecule has 3 rings (SSSR count). The summed E-state index contributed by atoms with van der Waals surface area (Å²) in [7, 11) is 1.37. The lowest BCUT2D eigenvalue weighted by atomic mass is 10.2. The van der Waals surface area contributed by atoms with Crippen molar-refractivity contribution in [3.63, 3.8) is 0 Å². The van der Waals surface area contributed by atoms with Crippen molar-refractivity contribution in [2.75, 3.05) is 11.1 Å². The van der Waals surface area contributed by atoms with Crippen molar-refractivity contribution >= 4 is 34.4 Å². The number of ether oxygens (including phenoxy) is 1. The summed E-state index contributed by atoms with van der Waals surface area (Å²) in [6.07, 6.45) is -4.81. The Bertz CT molecular complexity index is 1330. The van der Waals surface area contributed by atoms with E-state index in [0.29, 0.717) is 12.4 Å². The van der Waals surface area contributed by atoms with E-state index >= 15 is 0 Å². The molecule has 9 nitrogen and oxygen atoms in total. The molecule has 13 heteroatoms. The number of halogens is 3. The van der Waals surface area contributed by atoms with Gasteiger partial charge in [-0.3, -0.25) is 18.7 Å². The average Bonchev–Trinajstić information content (AvgIpc) is 2.73. The quantitative estimate of drug-likeness (QED) is 0.395. The number of hydrogen-bond donors (Lipinski definition) is 1. The number of aromatic nitrogens is 4. The highest BCUT2D eigenvalue weighted by atomic mass is 32.2. The second-order valence-corrected chi connectivity index (χ2v) is 8.80. The molecule has 0 radical (unpaired) electrons. The Labute approximate surface area is 196 Å². The lowest BCUT2D eigenvalue weighted by molar-refractivity contribution is -0.274. The molecule has 1 aromatic carbocycles. The molecule has 1 N–H and O–H groups in total. The monoisotopic (exact) mass is 497 g/mol. The van der Waals surface area contributed by atoms with E-state index < -0.39 is 29.3 Å². The molecule has 182 valence electrons. The van der Waals surface area contributed by atoms with Crippen LogP contribution < -0.4 is 21.3 Å². The van der Waals surface area contributed by atoms with E-state index in [2.05, 4.69) is 20.0 Å². The summed E-state index contributed by atoms with van der Waals surface area (Å²) < 4.78 is 43.0. The molecular formula is C21H22F3N5O4S. The SMILES string of the molecule is Cc1nc(SCC(=O)Nc2ccc(OC(F)(F)F)cc2)c2c(=O)n(C)c(=O)n(CC(C)C)c2n1. The van der Waals surface area contributed by atoms with Crippen LogP contribution in [0.25, 0.3) is 11.0 Å².